The molecule has 1 aliphatic carbocycles. The molecule has 0 saturated carbocycles. The Morgan fingerprint density at radius 2 is 1.76 bits per heavy atom. The number of rotatable bonds is 7. The number of hydrogen-bond donors (Lipinski definition) is 1. The van der Waals surface area contributed by atoms with E-state index in [-0.39, 0.29) is 19.1 Å². The average molecular weight is 410 g/mol. The van der Waals surface area contributed by atoms with Crippen molar-refractivity contribution in [2.24, 2.45) is 0 Å². The molecule has 0 aliphatic heterocycles. The van der Waals surface area contributed by atoms with Crippen molar-refractivity contribution in [3.05, 3.63) is 59.7 Å². The van der Waals surface area contributed by atoms with Gasteiger partial charge in [-0.3, -0.25) is 4.79 Å². The van der Waals surface area contributed by atoms with Crippen LogP contribution in [0.1, 0.15) is 24.0 Å². The van der Waals surface area contributed by atoms with Crippen LogP contribution in [0.25, 0.3) is 11.1 Å². The van der Waals surface area contributed by atoms with Gasteiger partial charge in [0, 0.05) is 18.2 Å². The molecule has 150 valence electrons. The third-order valence-corrected chi connectivity index (χ3v) is 5.64. The predicted octanol–water partition coefficient (Wildman–Crippen LogP) is 3.59. The topological polar surface area (TPSA) is 82.4 Å². The second-order valence-corrected chi connectivity index (χ2v) is 7.57. The van der Waals surface area contributed by atoms with Crippen molar-refractivity contribution in [1.82, 2.24) is 10.2 Å². The number of amides is 2. The number of benzene rings is 2. The number of carbonyl (C=O) groups is 2. The zero-order valence-corrected chi connectivity index (χ0v) is 17.2. The minimum Gasteiger partial charge on any atom is -0.449 e. The molecule has 3 rings (SSSR count). The molecule has 7 heteroatoms. The van der Waals surface area contributed by atoms with Crippen LogP contribution in [-0.2, 0) is 9.53 Å². The van der Waals surface area contributed by atoms with E-state index in [1.165, 1.54) is 11.8 Å². The Morgan fingerprint density at radius 3 is 2.28 bits per heavy atom. The SMILES string of the molecule is CCN(C#N)C(=O)C(CSC)NC(=O)OCC1c2ccccc2-c2ccccc21. The van der Waals surface area contributed by atoms with Crippen molar-refractivity contribution >= 4 is 23.8 Å². The first-order chi connectivity index (χ1) is 14.1. The summed E-state index contributed by atoms with van der Waals surface area (Å²) in [5.74, 6) is -0.117. The summed E-state index contributed by atoms with van der Waals surface area (Å²) in [6.45, 7) is 2.15. The first kappa shape index (κ1) is 20.7. The van der Waals surface area contributed by atoms with Crippen LogP contribution in [0.2, 0.25) is 0 Å². The van der Waals surface area contributed by atoms with Crippen LogP contribution in [0.3, 0.4) is 0 Å². The molecule has 1 unspecified atom stereocenters. The van der Waals surface area contributed by atoms with Crippen molar-refractivity contribution in [3.8, 4) is 17.3 Å². The molecule has 6 nitrogen and oxygen atoms in total. The van der Waals surface area contributed by atoms with Crippen LogP contribution in [0.4, 0.5) is 4.79 Å². The van der Waals surface area contributed by atoms with Gasteiger partial charge in [-0.15, -0.1) is 0 Å². The smallest absolute Gasteiger partial charge is 0.407 e. The molecule has 0 radical (unpaired) electrons. The lowest BCUT2D eigenvalue weighted by molar-refractivity contribution is -0.129. The van der Waals surface area contributed by atoms with Crippen LogP contribution < -0.4 is 5.32 Å². The molecule has 2 aromatic carbocycles. The summed E-state index contributed by atoms with van der Waals surface area (Å²) < 4.78 is 5.50. The highest BCUT2D eigenvalue weighted by molar-refractivity contribution is 7.98. The minimum atomic E-state index is -0.805. The number of alkyl carbamates (subject to hydrolysis) is 1. The highest BCUT2D eigenvalue weighted by atomic mass is 32.2. The standard InChI is InChI=1S/C22H23N3O3S/c1-3-25(14-23)21(26)20(13-29-2)24-22(27)28-12-19-17-10-6-4-8-15(17)16-9-5-7-11-18(16)19/h4-11,19-20H,3,12-13H2,1-2H3,(H,24,27). The Balaban J connectivity index is 1.69. The Bertz CT molecular complexity index is 895. The van der Waals surface area contributed by atoms with Crippen LogP contribution >= 0.6 is 11.8 Å². The van der Waals surface area contributed by atoms with Gasteiger partial charge in [0.05, 0.1) is 0 Å². The molecule has 1 aliphatic rings. The van der Waals surface area contributed by atoms with E-state index in [4.69, 9.17) is 10.00 Å². The summed E-state index contributed by atoms with van der Waals surface area (Å²) in [7, 11) is 0. The number of nitrogens with one attached hydrogen (secondary N) is 1. The zero-order valence-electron chi connectivity index (χ0n) is 16.4. The molecule has 0 bridgehead atoms. The Kier molecular flexibility index (Phi) is 6.78. The number of hydrogen-bond acceptors (Lipinski definition) is 5. The van der Waals surface area contributed by atoms with E-state index in [2.05, 4.69) is 17.4 Å². The largest absolute Gasteiger partial charge is 0.449 e. The van der Waals surface area contributed by atoms with E-state index >= 15 is 0 Å². The second kappa shape index (κ2) is 9.48. The molecule has 1 atom stereocenters. The quantitative estimate of drug-likeness (QED) is 0.558. The fourth-order valence-electron chi connectivity index (χ4n) is 3.59. The second-order valence-electron chi connectivity index (χ2n) is 6.66. The lowest BCUT2D eigenvalue weighted by Gasteiger charge is -2.21. The van der Waals surface area contributed by atoms with Crippen LogP contribution in [0, 0.1) is 11.5 Å². The Hall–Kier alpha value is -2.98. The Labute approximate surface area is 174 Å². The molecule has 0 heterocycles. The lowest BCUT2D eigenvalue weighted by atomic mass is 9.98. The fraction of sp³-hybridized carbons (Fsp3) is 0.318. The minimum absolute atomic E-state index is 0.0471. The Morgan fingerprint density at radius 1 is 1.17 bits per heavy atom. The lowest BCUT2D eigenvalue weighted by Crippen LogP contribution is -2.48. The van der Waals surface area contributed by atoms with Gasteiger partial charge in [0.1, 0.15) is 12.6 Å². The van der Waals surface area contributed by atoms with Gasteiger partial charge in [0.15, 0.2) is 6.19 Å². The summed E-state index contributed by atoms with van der Waals surface area (Å²) in [5, 5.41) is 11.7. The first-order valence-corrected chi connectivity index (χ1v) is 10.8. The van der Waals surface area contributed by atoms with Crippen molar-refractivity contribution in [2.75, 3.05) is 25.2 Å². The van der Waals surface area contributed by atoms with E-state index in [9.17, 15) is 9.59 Å². The van der Waals surface area contributed by atoms with Gasteiger partial charge in [-0.1, -0.05) is 48.5 Å². The van der Waals surface area contributed by atoms with E-state index in [0.29, 0.717) is 5.75 Å². The van der Waals surface area contributed by atoms with Crippen molar-refractivity contribution in [2.45, 2.75) is 18.9 Å². The van der Waals surface area contributed by atoms with Crippen LogP contribution in [0.5, 0.6) is 0 Å². The molecule has 2 amide bonds. The maximum Gasteiger partial charge on any atom is 0.407 e. The van der Waals surface area contributed by atoms with Crippen molar-refractivity contribution in [1.29, 1.82) is 5.26 Å². The van der Waals surface area contributed by atoms with Crippen molar-refractivity contribution in [3.63, 3.8) is 0 Å². The molecule has 1 N–H and O–H groups in total. The third kappa shape index (κ3) is 4.38. The van der Waals surface area contributed by atoms with Gasteiger partial charge >= 0.3 is 6.09 Å². The molecular formula is C22H23N3O3S. The van der Waals surface area contributed by atoms with E-state index in [0.717, 1.165) is 27.2 Å². The third-order valence-electron chi connectivity index (χ3n) is 4.97. The number of likely N-dealkylation sites (N-methyl/N-ethyl adjacent to an activating group) is 1. The molecule has 0 saturated heterocycles. The summed E-state index contributed by atoms with van der Waals surface area (Å²) in [6, 6.07) is 15.4. The zero-order chi connectivity index (χ0) is 20.8. The summed E-state index contributed by atoms with van der Waals surface area (Å²) in [6.07, 6.45) is 3.02. The van der Waals surface area contributed by atoms with Gasteiger partial charge in [0.2, 0.25) is 0 Å². The average Bonchev–Trinajstić information content (AvgIpc) is 3.06. The van der Waals surface area contributed by atoms with Crippen LogP contribution in [-0.4, -0.2) is 48.1 Å². The molecule has 0 fully saturated rings. The van der Waals surface area contributed by atoms with E-state index in [1.807, 2.05) is 48.8 Å². The highest BCUT2D eigenvalue weighted by Crippen LogP contribution is 2.44. The molecule has 29 heavy (non-hydrogen) atoms. The predicted molar refractivity (Wildman–Crippen MR) is 113 cm³/mol. The van der Waals surface area contributed by atoms with Crippen molar-refractivity contribution < 1.29 is 14.3 Å². The summed E-state index contributed by atoms with van der Waals surface area (Å²) in [4.78, 5) is 25.9. The maximum atomic E-state index is 12.4. The van der Waals surface area contributed by atoms with Gasteiger partial charge in [0.25, 0.3) is 5.91 Å². The molecule has 2 aromatic rings. The normalized spacial score (nSPS) is 13.0. The maximum absolute atomic E-state index is 12.4. The number of fused-ring (bicyclic) bond motifs is 3. The summed E-state index contributed by atoms with van der Waals surface area (Å²) in [5.41, 5.74) is 4.56. The number of nitrogens with zero attached hydrogens (tertiary/aromatic N) is 2. The molecular weight excluding hydrogens is 386 g/mol. The van der Waals surface area contributed by atoms with Gasteiger partial charge < -0.3 is 10.1 Å². The number of ether oxygens (including phenoxy) is 1. The molecule has 0 spiro atoms. The summed E-state index contributed by atoms with van der Waals surface area (Å²) >= 11 is 1.42. The van der Waals surface area contributed by atoms with E-state index < -0.39 is 18.0 Å². The van der Waals surface area contributed by atoms with Gasteiger partial charge in [-0.25, -0.2) is 9.69 Å². The molecule has 0 aromatic heterocycles. The van der Waals surface area contributed by atoms with E-state index in [1.54, 1.807) is 6.92 Å². The number of carbonyl (C=O) groups excluding carboxylic acids is 2. The van der Waals surface area contributed by atoms with Gasteiger partial charge in [-0.2, -0.15) is 17.0 Å². The fourth-order valence-corrected chi connectivity index (χ4v) is 4.15. The number of thioether (sulfide) groups is 1. The van der Waals surface area contributed by atoms with Crippen LogP contribution in [0.15, 0.2) is 48.5 Å². The first-order valence-electron chi connectivity index (χ1n) is 9.42. The number of nitriles is 1. The monoisotopic (exact) mass is 409 g/mol. The van der Waals surface area contributed by atoms with Gasteiger partial charge in [-0.05, 0) is 35.4 Å². The highest BCUT2D eigenvalue weighted by Gasteiger charge is 2.30.